The van der Waals surface area contributed by atoms with Gasteiger partial charge in [0.1, 0.15) is 12.4 Å². The number of benzene rings is 2. The highest BCUT2D eigenvalue weighted by molar-refractivity contribution is 7.10. The lowest BCUT2D eigenvalue weighted by atomic mass is 10.0. The number of aliphatic hydroxyl groups is 1. The van der Waals surface area contributed by atoms with Gasteiger partial charge in [-0.3, -0.25) is 9.69 Å². The summed E-state index contributed by atoms with van der Waals surface area (Å²) in [6, 6.07) is 20.4. The first kappa shape index (κ1) is 25.9. The van der Waals surface area contributed by atoms with Crippen LogP contribution < -0.4 is 4.74 Å². The molecule has 1 saturated carbocycles. The van der Waals surface area contributed by atoms with Crippen molar-refractivity contribution in [3.8, 4) is 5.75 Å². The minimum atomic E-state index is -0.637. The lowest BCUT2D eigenvalue weighted by molar-refractivity contribution is -0.136. The topological polar surface area (TPSA) is 62.2 Å². The van der Waals surface area contributed by atoms with Crippen molar-refractivity contribution in [3.63, 3.8) is 0 Å². The van der Waals surface area contributed by atoms with Gasteiger partial charge in [0.05, 0.1) is 31.9 Å². The van der Waals surface area contributed by atoms with Gasteiger partial charge >= 0.3 is 0 Å². The quantitative estimate of drug-likeness (QED) is 0.378. The van der Waals surface area contributed by atoms with Gasteiger partial charge in [-0.1, -0.05) is 42.5 Å². The molecule has 0 radical (unpaired) electrons. The molecule has 1 fully saturated rings. The minimum absolute atomic E-state index is 0.0963. The molecule has 0 unspecified atom stereocenters. The summed E-state index contributed by atoms with van der Waals surface area (Å²) in [5.74, 6) is 0.923. The summed E-state index contributed by atoms with van der Waals surface area (Å²) >= 11 is 1.76. The number of ether oxygens (including phenoxy) is 2. The van der Waals surface area contributed by atoms with Crippen LogP contribution in [-0.4, -0.2) is 65.8 Å². The van der Waals surface area contributed by atoms with Crippen molar-refractivity contribution in [2.24, 2.45) is 0 Å². The third-order valence-corrected chi connectivity index (χ3v) is 8.08. The zero-order chi connectivity index (χ0) is 25.6. The van der Waals surface area contributed by atoms with Crippen LogP contribution in [-0.2, 0) is 22.6 Å². The van der Waals surface area contributed by atoms with Crippen LogP contribution in [0.15, 0.2) is 66.0 Å². The van der Waals surface area contributed by atoms with Crippen LogP contribution in [0.3, 0.4) is 0 Å². The van der Waals surface area contributed by atoms with Crippen LogP contribution in [0.25, 0.3) is 0 Å². The second-order valence-electron chi connectivity index (χ2n) is 10.1. The number of carbonyl (C=O) groups excluding carboxylic acids is 1. The SMILES string of the molecule is Cc1cccc(OC[C@H]2c3ccsc3CCN2C(=O)CN(C[C@@H](O)COCc2ccccc2)C2CC2)c1. The molecule has 2 atom stereocenters. The molecular formula is C30H36N2O4S. The van der Waals surface area contributed by atoms with Crippen LogP contribution >= 0.6 is 11.3 Å². The van der Waals surface area contributed by atoms with E-state index < -0.39 is 6.10 Å². The van der Waals surface area contributed by atoms with Crippen molar-refractivity contribution in [1.29, 1.82) is 0 Å². The number of aliphatic hydroxyl groups excluding tert-OH is 1. The average Bonchev–Trinajstić information content (AvgIpc) is 3.64. The summed E-state index contributed by atoms with van der Waals surface area (Å²) in [6.45, 7) is 4.64. The predicted molar refractivity (Wildman–Crippen MR) is 146 cm³/mol. The van der Waals surface area contributed by atoms with Gasteiger partial charge in [-0.25, -0.2) is 0 Å². The summed E-state index contributed by atoms with van der Waals surface area (Å²) < 4.78 is 11.9. The number of hydrogen-bond acceptors (Lipinski definition) is 6. The number of rotatable bonds is 12. The lowest BCUT2D eigenvalue weighted by Crippen LogP contribution is -2.48. The van der Waals surface area contributed by atoms with Gasteiger partial charge < -0.3 is 19.5 Å². The van der Waals surface area contributed by atoms with Crippen LogP contribution in [0.4, 0.5) is 0 Å². The molecule has 37 heavy (non-hydrogen) atoms. The predicted octanol–water partition coefficient (Wildman–Crippen LogP) is 4.60. The Morgan fingerprint density at radius 1 is 1.16 bits per heavy atom. The molecule has 2 aliphatic rings. The van der Waals surface area contributed by atoms with Gasteiger partial charge in [-0.15, -0.1) is 11.3 Å². The molecule has 2 aromatic carbocycles. The third-order valence-electron chi connectivity index (χ3n) is 7.08. The zero-order valence-electron chi connectivity index (χ0n) is 21.4. The van der Waals surface area contributed by atoms with Gasteiger partial charge in [-0.2, -0.15) is 0 Å². The molecule has 1 aromatic heterocycles. The average molecular weight is 521 g/mol. The van der Waals surface area contributed by atoms with Crippen molar-refractivity contribution in [2.75, 3.05) is 32.8 Å². The highest BCUT2D eigenvalue weighted by Crippen LogP contribution is 2.35. The normalized spacial score (nSPS) is 18.0. The van der Waals surface area contributed by atoms with E-state index in [1.807, 2.05) is 66.4 Å². The second kappa shape index (κ2) is 12.2. The van der Waals surface area contributed by atoms with E-state index in [2.05, 4.69) is 16.3 Å². The minimum Gasteiger partial charge on any atom is -0.491 e. The number of nitrogens with zero attached hydrogens (tertiary/aromatic N) is 2. The van der Waals surface area contributed by atoms with E-state index >= 15 is 0 Å². The Balaban J connectivity index is 1.19. The molecule has 1 amide bonds. The number of aryl methyl sites for hydroxylation is 1. The maximum Gasteiger partial charge on any atom is 0.237 e. The van der Waals surface area contributed by atoms with Crippen LogP contribution in [0.1, 0.15) is 40.5 Å². The van der Waals surface area contributed by atoms with Crippen LogP contribution in [0.2, 0.25) is 0 Å². The Hall–Kier alpha value is -2.71. The number of carbonyl (C=O) groups is 1. The molecule has 1 aliphatic carbocycles. The molecule has 2 heterocycles. The smallest absolute Gasteiger partial charge is 0.237 e. The first-order chi connectivity index (χ1) is 18.1. The molecule has 1 N–H and O–H groups in total. The number of amides is 1. The van der Waals surface area contributed by atoms with Crippen molar-refractivity contribution in [2.45, 2.75) is 51.0 Å². The van der Waals surface area contributed by atoms with Crippen molar-refractivity contribution in [3.05, 3.63) is 87.6 Å². The van der Waals surface area contributed by atoms with Gasteiger partial charge in [0.2, 0.25) is 5.91 Å². The molecule has 7 heteroatoms. The molecule has 196 valence electrons. The monoisotopic (exact) mass is 520 g/mol. The third kappa shape index (κ3) is 6.99. The first-order valence-electron chi connectivity index (χ1n) is 13.2. The summed E-state index contributed by atoms with van der Waals surface area (Å²) in [6.07, 6.45) is 2.38. The standard InChI is InChI=1S/C30H36N2O4S/c1-22-6-5-9-26(16-22)36-21-28-27-13-15-37-29(27)12-14-32(28)30(34)18-31(24-10-11-24)17-25(33)20-35-19-23-7-3-2-4-8-23/h2-9,13,15-16,24-25,28,33H,10-12,14,17-21H2,1H3/t25-,28+/m1/s1. The maximum absolute atomic E-state index is 13.6. The zero-order valence-corrected chi connectivity index (χ0v) is 22.2. The number of thiophene rings is 1. The van der Waals surface area contributed by atoms with E-state index in [4.69, 9.17) is 9.47 Å². The fourth-order valence-corrected chi connectivity index (χ4v) is 5.94. The van der Waals surface area contributed by atoms with Crippen molar-refractivity contribution >= 4 is 17.2 Å². The summed E-state index contributed by atoms with van der Waals surface area (Å²) in [5, 5.41) is 12.8. The molecular weight excluding hydrogens is 484 g/mol. The molecule has 1 aliphatic heterocycles. The maximum atomic E-state index is 13.6. The Morgan fingerprint density at radius 2 is 2.00 bits per heavy atom. The Labute approximate surface area is 223 Å². The number of fused-ring (bicyclic) bond motifs is 1. The van der Waals surface area contributed by atoms with Gasteiger partial charge in [-0.05, 0) is 66.5 Å². The molecule has 0 saturated heterocycles. The second-order valence-corrected chi connectivity index (χ2v) is 11.1. The Morgan fingerprint density at radius 3 is 2.78 bits per heavy atom. The molecule has 0 spiro atoms. The highest BCUT2D eigenvalue weighted by Gasteiger charge is 2.36. The van der Waals surface area contributed by atoms with E-state index in [-0.39, 0.29) is 18.6 Å². The molecule has 3 aromatic rings. The summed E-state index contributed by atoms with van der Waals surface area (Å²) in [7, 11) is 0. The van der Waals surface area contributed by atoms with E-state index in [1.54, 1.807) is 11.3 Å². The van der Waals surface area contributed by atoms with Gasteiger partial charge in [0.15, 0.2) is 0 Å². The summed E-state index contributed by atoms with van der Waals surface area (Å²) in [4.78, 5) is 19.1. The van der Waals surface area contributed by atoms with E-state index in [9.17, 15) is 9.90 Å². The largest absolute Gasteiger partial charge is 0.491 e. The van der Waals surface area contributed by atoms with Gasteiger partial charge in [0, 0.05) is 24.0 Å². The molecule has 5 rings (SSSR count). The van der Waals surface area contributed by atoms with Crippen molar-refractivity contribution < 1.29 is 19.4 Å². The fraction of sp³-hybridized carbons (Fsp3) is 0.433. The number of hydrogen-bond donors (Lipinski definition) is 1. The first-order valence-corrected chi connectivity index (χ1v) is 14.0. The summed E-state index contributed by atoms with van der Waals surface area (Å²) in [5.41, 5.74) is 3.43. The fourth-order valence-electron chi connectivity index (χ4n) is 5.01. The molecule has 0 bridgehead atoms. The molecule has 6 nitrogen and oxygen atoms in total. The van der Waals surface area contributed by atoms with E-state index in [0.717, 1.165) is 36.1 Å². The van der Waals surface area contributed by atoms with E-state index in [1.165, 1.54) is 10.4 Å². The van der Waals surface area contributed by atoms with Crippen LogP contribution in [0.5, 0.6) is 5.75 Å². The van der Waals surface area contributed by atoms with Crippen molar-refractivity contribution in [1.82, 2.24) is 9.80 Å². The van der Waals surface area contributed by atoms with Crippen LogP contribution in [0, 0.1) is 6.92 Å². The Kier molecular flexibility index (Phi) is 8.56. The van der Waals surface area contributed by atoms with Gasteiger partial charge in [0.25, 0.3) is 0 Å². The lowest BCUT2D eigenvalue weighted by Gasteiger charge is -2.37. The Bertz CT molecular complexity index is 1160. The highest BCUT2D eigenvalue weighted by atomic mass is 32.1. The van der Waals surface area contributed by atoms with E-state index in [0.29, 0.717) is 38.9 Å².